The van der Waals surface area contributed by atoms with E-state index < -0.39 is 5.54 Å². The Bertz CT molecular complexity index is 500. The van der Waals surface area contributed by atoms with Gasteiger partial charge in [-0.2, -0.15) is 0 Å². The van der Waals surface area contributed by atoms with Crippen molar-refractivity contribution in [3.63, 3.8) is 0 Å². The molecule has 0 heterocycles. The summed E-state index contributed by atoms with van der Waals surface area (Å²) in [6, 6.07) is 7.92. The molecular formula is C18H29ClN2O2. The van der Waals surface area contributed by atoms with Crippen LogP contribution in [0.5, 0.6) is 5.75 Å². The van der Waals surface area contributed by atoms with E-state index in [2.05, 4.69) is 5.32 Å². The SMILES string of the molecule is CCCC(C)(N)C(=O)NCc1ccccc1OC1CCCC1.Cl. The summed E-state index contributed by atoms with van der Waals surface area (Å²) in [5, 5.41) is 2.95. The van der Waals surface area contributed by atoms with Crippen molar-refractivity contribution in [2.24, 2.45) is 5.73 Å². The Balaban J connectivity index is 0.00000264. The molecular weight excluding hydrogens is 312 g/mol. The molecule has 0 spiro atoms. The number of nitrogens with two attached hydrogens (primary N) is 1. The second-order valence-corrected chi connectivity index (χ2v) is 6.48. The molecule has 2 rings (SSSR count). The lowest BCUT2D eigenvalue weighted by atomic mass is 9.96. The number of carbonyl (C=O) groups excluding carboxylic acids is 1. The van der Waals surface area contributed by atoms with E-state index in [-0.39, 0.29) is 18.3 Å². The molecule has 0 aliphatic heterocycles. The first-order chi connectivity index (χ1) is 10.5. The third-order valence-electron chi connectivity index (χ3n) is 4.30. The summed E-state index contributed by atoms with van der Waals surface area (Å²) in [5.74, 6) is 0.772. The summed E-state index contributed by atoms with van der Waals surface area (Å²) < 4.78 is 6.09. The van der Waals surface area contributed by atoms with Crippen LogP contribution in [0.25, 0.3) is 0 Å². The number of para-hydroxylation sites is 1. The molecule has 130 valence electrons. The van der Waals surface area contributed by atoms with Crippen LogP contribution in [0, 0.1) is 0 Å². The van der Waals surface area contributed by atoms with Crippen molar-refractivity contribution in [3.8, 4) is 5.75 Å². The lowest BCUT2D eigenvalue weighted by Gasteiger charge is -2.23. The van der Waals surface area contributed by atoms with Gasteiger partial charge in [0, 0.05) is 12.1 Å². The molecule has 1 aliphatic carbocycles. The predicted octanol–water partition coefficient (Wildman–Crippen LogP) is 3.56. The van der Waals surface area contributed by atoms with E-state index in [9.17, 15) is 4.79 Å². The Morgan fingerprint density at radius 2 is 2.00 bits per heavy atom. The standard InChI is InChI=1S/C18H28N2O2.ClH/c1-3-12-18(2,19)17(21)20-13-14-8-4-7-11-16(14)22-15-9-5-6-10-15;/h4,7-8,11,15H,3,5-6,9-10,12-13,19H2,1-2H3,(H,20,21);1H. The highest BCUT2D eigenvalue weighted by molar-refractivity contribution is 5.85. The van der Waals surface area contributed by atoms with Crippen molar-refractivity contribution < 1.29 is 9.53 Å². The number of rotatable bonds is 7. The van der Waals surface area contributed by atoms with Crippen LogP contribution in [0.2, 0.25) is 0 Å². The molecule has 0 saturated heterocycles. The maximum absolute atomic E-state index is 12.2. The third-order valence-corrected chi connectivity index (χ3v) is 4.30. The topological polar surface area (TPSA) is 64.4 Å². The summed E-state index contributed by atoms with van der Waals surface area (Å²) in [5.41, 5.74) is 6.26. The number of amides is 1. The number of carbonyl (C=O) groups is 1. The molecule has 1 amide bonds. The molecule has 0 aromatic heterocycles. The van der Waals surface area contributed by atoms with E-state index in [4.69, 9.17) is 10.5 Å². The zero-order valence-corrected chi connectivity index (χ0v) is 15.0. The number of hydrogen-bond donors (Lipinski definition) is 2. The minimum absolute atomic E-state index is 0. The average molecular weight is 341 g/mol. The summed E-state index contributed by atoms with van der Waals surface area (Å²) in [6.07, 6.45) is 6.62. The Kier molecular flexibility index (Phi) is 7.86. The maximum Gasteiger partial charge on any atom is 0.240 e. The van der Waals surface area contributed by atoms with Crippen LogP contribution in [0.4, 0.5) is 0 Å². The maximum atomic E-state index is 12.2. The summed E-state index contributed by atoms with van der Waals surface area (Å²) in [7, 11) is 0. The van der Waals surface area contributed by atoms with Crippen molar-refractivity contribution in [1.82, 2.24) is 5.32 Å². The monoisotopic (exact) mass is 340 g/mol. The van der Waals surface area contributed by atoms with Gasteiger partial charge >= 0.3 is 0 Å². The van der Waals surface area contributed by atoms with Crippen LogP contribution in [0.15, 0.2) is 24.3 Å². The van der Waals surface area contributed by atoms with Crippen LogP contribution < -0.4 is 15.8 Å². The highest BCUT2D eigenvalue weighted by Gasteiger charge is 2.27. The van der Waals surface area contributed by atoms with Gasteiger partial charge in [-0.1, -0.05) is 31.5 Å². The fourth-order valence-electron chi connectivity index (χ4n) is 2.96. The molecule has 1 aliphatic rings. The zero-order valence-electron chi connectivity index (χ0n) is 14.1. The Hall–Kier alpha value is -1.26. The fourth-order valence-corrected chi connectivity index (χ4v) is 2.96. The van der Waals surface area contributed by atoms with Crippen LogP contribution >= 0.6 is 12.4 Å². The molecule has 3 N–H and O–H groups in total. The second-order valence-electron chi connectivity index (χ2n) is 6.48. The minimum Gasteiger partial charge on any atom is -0.490 e. The summed E-state index contributed by atoms with van der Waals surface area (Å²) in [4.78, 5) is 12.2. The molecule has 1 unspecified atom stereocenters. The number of halogens is 1. The van der Waals surface area contributed by atoms with E-state index in [1.54, 1.807) is 6.92 Å². The third kappa shape index (κ3) is 5.70. The molecule has 1 fully saturated rings. The van der Waals surface area contributed by atoms with Gasteiger partial charge in [0.15, 0.2) is 0 Å². The van der Waals surface area contributed by atoms with E-state index in [1.807, 2.05) is 31.2 Å². The molecule has 0 radical (unpaired) electrons. The van der Waals surface area contributed by atoms with Gasteiger partial charge < -0.3 is 15.8 Å². The van der Waals surface area contributed by atoms with Gasteiger partial charge in [-0.15, -0.1) is 12.4 Å². The average Bonchev–Trinajstić information content (AvgIpc) is 2.99. The lowest BCUT2D eigenvalue weighted by Crippen LogP contribution is -2.51. The van der Waals surface area contributed by atoms with Gasteiger partial charge in [0.2, 0.25) is 5.91 Å². The second kappa shape index (κ2) is 9.14. The van der Waals surface area contributed by atoms with Gasteiger partial charge in [-0.05, 0) is 45.1 Å². The quantitative estimate of drug-likeness (QED) is 0.797. The van der Waals surface area contributed by atoms with E-state index in [1.165, 1.54) is 12.8 Å². The summed E-state index contributed by atoms with van der Waals surface area (Å²) >= 11 is 0. The molecule has 4 nitrogen and oxygen atoms in total. The molecule has 1 saturated carbocycles. The van der Waals surface area contributed by atoms with Crippen LogP contribution in [0.1, 0.15) is 57.9 Å². The Morgan fingerprint density at radius 1 is 1.35 bits per heavy atom. The lowest BCUT2D eigenvalue weighted by molar-refractivity contribution is -0.126. The van der Waals surface area contributed by atoms with Crippen LogP contribution in [-0.2, 0) is 11.3 Å². The predicted molar refractivity (Wildman–Crippen MR) is 95.9 cm³/mol. The van der Waals surface area contributed by atoms with Gasteiger partial charge in [0.1, 0.15) is 5.75 Å². The van der Waals surface area contributed by atoms with E-state index in [0.29, 0.717) is 19.1 Å². The van der Waals surface area contributed by atoms with Crippen molar-refractivity contribution in [2.45, 2.75) is 70.6 Å². The summed E-state index contributed by atoms with van der Waals surface area (Å²) in [6.45, 7) is 4.27. The number of nitrogens with one attached hydrogen (secondary N) is 1. The smallest absolute Gasteiger partial charge is 0.240 e. The Labute approximate surface area is 145 Å². The molecule has 1 aromatic rings. The molecule has 0 bridgehead atoms. The fraction of sp³-hybridized carbons (Fsp3) is 0.611. The van der Waals surface area contributed by atoms with Crippen molar-refractivity contribution >= 4 is 18.3 Å². The van der Waals surface area contributed by atoms with Gasteiger partial charge in [0.25, 0.3) is 0 Å². The highest BCUT2D eigenvalue weighted by atomic mass is 35.5. The van der Waals surface area contributed by atoms with E-state index in [0.717, 1.165) is 30.6 Å². The molecule has 23 heavy (non-hydrogen) atoms. The van der Waals surface area contributed by atoms with Crippen molar-refractivity contribution in [3.05, 3.63) is 29.8 Å². The minimum atomic E-state index is -0.810. The zero-order chi connectivity index (χ0) is 16.0. The van der Waals surface area contributed by atoms with Crippen molar-refractivity contribution in [1.29, 1.82) is 0 Å². The number of ether oxygens (including phenoxy) is 1. The van der Waals surface area contributed by atoms with Gasteiger partial charge in [-0.3, -0.25) is 4.79 Å². The normalized spacial score (nSPS) is 17.2. The molecule has 5 heteroatoms. The highest BCUT2D eigenvalue weighted by Crippen LogP contribution is 2.26. The largest absolute Gasteiger partial charge is 0.490 e. The van der Waals surface area contributed by atoms with Crippen molar-refractivity contribution in [2.75, 3.05) is 0 Å². The molecule has 1 aromatic carbocycles. The first-order valence-electron chi connectivity index (χ1n) is 8.34. The Morgan fingerprint density at radius 3 is 2.65 bits per heavy atom. The van der Waals surface area contributed by atoms with Gasteiger partial charge in [0.05, 0.1) is 11.6 Å². The molecule has 1 atom stereocenters. The first kappa shape index (κ1) is 19.8. The van der Waals surface area contributed by atoms with Crippen LogP contribution in [0.3, 0.4) is 0 Å². The number of hydrogen-bond acceptors (Lipinski definition) is 3. The number of benzene rings is 1. The van der Waals surface area contributed by atoms with E-state index >= 15 is 0 Å². The first-order valence-corrected chi connectivity index (χ1v) is 8.34. The van der Waals surface area contributed by atoms with Crippen LogP contribution in [-0.4, -0.2) is 17.6 Å². The van der Waals surface area contributed by atoms with Gasteiger partial charge in [-0.25, -0.2) is 0 Å².